The molecule has 0 aliphatic rings. The molecule has 0 radical (unpaired) electrons. The molecule has 21 heavy (non-hydrogen) atoms. The Morgan fingerprint density at radius 2 is 2.00 bits per heavy atom. The van der Waals surface area contributed by atoms with Crippen LogP contribution in [0.2, 0.25) is 0 Å². The average Bonchev–Trinajstić information content (AvgIpc) is 2.95. The molecule has 0 unspecified atom stereocenters. The van der Waals surface area contributed by atoms with Crippen LogP contribution in [0.1, 0.15) is 10.5 Å². The highest BCUT2D eigenvalue weighted by atomic mass is 32.2. The molecular formula is C12H15N5O3S. The first-order valence-corrected chi connectivity index (χ1v) is 7.48. The molecule has 1 aromatic heterocycles. The van der Waals surface area contributed by atoms with E-state index in [4.69, 9.17) is 5.73 Å². The summed E-state index contributed by atoms with van der Waals surface area (Å²) in [4.78, 5) is 11.4. The molecule has 0 atom stereocenters. The predicted molar refractivity (Wildman–Crippen MR) is 77.6 cm³/mol. The molecule has 112 valence electrons. The van der Waals surface area contributed by atoms with Crippen molar-refractivity contribution < 1.29 is 13.2 Å². The fourth-order valence-corrected chi connectivity index (χ4v) is 2.59. The van der Waals surface area contributed by atoms with Gasteiger partial charge in [-0.25, -0.2) is 17.8 Å². The Labute approximate surface area is 122 Å². The number of nitrogens with zero attached hydrogens (tertiary/aromatic N) is 2. The van der Waals surface area contributed by atoms with Gasteiger partial charge < -0.3 is 11.1 Å². The van der Waals surface area contributed by atoms with Crippen molar-refractivity contribution in [1.29, 1.82) is 0 Å². The van der Waals surface area contributed by atoms with Crippen molar-refractivity contribution in [3.8, 4) is 5.69 Å². The van der Waals surface area contributed by atoms with E-state index in [1.807, 2.05) is 0 Å². The Kier molecular flexibility index (Phi) is 3.96. The Morgan fingerprint density at radius 3 is 2.57 bits per heavy atom. The minimum atomic E-state index is -3.61. The topological polar surface area (TPSA) is 119 Å². The highest BCUT2D eigenvalue weighted by molar-refractivity contribution is 7.89. The zero-order valence-corrected chi connectivity index (χ0v) is 12.3. The standard InChI is InChI=1S/C12H15N5O3S/c1-14-12(18)10-5-6-17(16-10)8-3-4-11(9(13)7-8)21(19,20)15-2/h3-7,15H,13H2,1-2H3,(H,14,18). The number of anilines is 1. The fraction of sp³-hybridized carbons (Fsp3) is 0.167. The molecule has 2 rings (SSSR count). The molecule has 0 aliphatic heterocycles. The number of carbonyl (C=O) groups excluding carboxylic acids is 1. The van der Waals surface area contributed by atoms with Gasteiger partial charge in [-0.3, -0.25) is 4.79 Å². The second kappa shape index (κ2) is 5.54. The number of nitrogens with two attached hydrogens (primary N) is 1. The summed E-state index contributed by atoms with van der Waals surface area (Å²) in [5.41, 5.74) is 6.68. The van der Waals surface area contributed by atoms with Crippen molar-refractivity contribution >= 4 is 21.6 Å². The van der Waals surface area contributed by atoms with Crippen LogP contribution in [0.25, 0.3) is 5.69 Å². The van der Waals surface area contributed by atoms with E-state index in [2.05, 4.69) is 15.1 Å². The van der Waals surface area contributed by atoms with Gasteiger partial charge >= 0.3 is 0 Å². The second-order valence-electron chi connectivity index (χ2n) is 4.15. The molecule has 0 fully saturated rings. The molecule has 0 saturated heterocycles. The maximum Gasteiger partial charge on any atom is 0.271 e. The molecule has 0 spiro atoms. The van der Waals surface area contributed by atoms with E-state index in [0.717, 1.165) is 0 Å². The molecule has 0 saturated carbocycles. The normalized spacial score (nSPS) is 11.3. The zero-order valence-electron chi connectivity index (χ0n) is 11.5. The van der Waals surface area contributed by atoms with Crippen molar-refractivity contribution in [2.75, 3.05) is 19.8 Å². The summed E-state index contributed by atoms with van der Waals surface area (Å²) in [5.74, 6) is -0.309. The van der Waals surface area contributed by atoms with Crippen LogP contribution in [-0.4, -0.2) is 38.2 Å². The van der Waals surface area contributed by atoms with Gasteiger partial charge in [0.05, 0.1) is 11.4 Å². The molecule has 2 aromatic rings. The summed E-state index contributed by atoms with van der Waals surface area (Å²) in [5, 5.41) is 6.56. The van der Waals surface area contributed by atoms with E-state index in [0.29, 0.717) is 5.69 Å². The highest BCUT2D eigenvalue weighted by Crippen LogP contribution is 2.21. The lowest BCUT2D eigenvalue weighted by atomic mass is 10.3. The fourth-order valence-electron chi connectivity index (χ4n) is 1.75. The van der Waals surface area contributed by atoms with Crippen molar-refractivity contribution in [1.82, 2.24) is 19.8 Å². The number of carbonyl (C=O) groups is 1. The lowest BCUT2D eigenvalue weighted by Gasteiger charge is -2.08. The molecule has 8 nitrogen and oxygen atoms in total. The highest BCUT2D eigenvalue weighted by Gasteiger charge is 2.16. The lowest BCUT2D eigenvalue weighted by Crippen LogP contribution is -2.20. The number of aromatic nitrogens is 2. The molecule has 1 amide bonds. The number of rotatable bonds is 4. The van der Waals surface area contributed by atoms with Crippen LogP contribution in [0.15, 0.2) is 35.4 Å². The SMILES string of the molecule is CNC(=O)c1ccn(-c2ccc(S(=O)(=O)NC)c(N)c2)n1. The lowest BCUT2D eigenvalue weighted by molar-refractivity contribution is 0.0957. The quantitative estimate of drug-likeness (QED) is 0.671. The van der Waals surface area contributed by atoms with E-state index in [9.17, 15) is 13.2 Å². The molecular weight excluding hydrogens is 294 g/mol. The van der Waals surface area contributed by atoms with E-state index >= 15 is 0 Å². The number of hydrogen-bond donors (Lipinski definition) is 3. The molecule has 0 bridgehead atoms. The van der Waals surface area contributed by atoms with Gasteiger partial charge in [-0.1, -0.05) is 0 Å². The molecule has 4 N–H and O–H groups in total. The molecule has 1 heterocycles. The van der Waals surface area contributed by atoms with E-state index < -0.39 is 10.0 Å². The smallest absolute Gasteiger partial charge is 0.271 e. The van der Waals surface area contributed by atoms with E-state index in [-0.39, 0.29) is 22.2 Å². The van der Waals surface area contributed by atoms with Crippen LogP contribution in [-0.2, 0) is 10.0 Å². The number of sulfonamides is 1. The van der Waals surface area contributed by atoms with Crippen LogP contribution in [0.5, 0.6) is 0 Å². The van der Waals surface area contributed by atoms with Gasteiger partial charge in [-0.2, -0.15) is 5.10 Å². The second-order valence-corrected chi connectivity index (χ2v) is 6.01. The first kappa shape index (κ1) is 15.0. The van der Waals surface area contributed by atoms with Crippen LogP contribution in [0, 0.1) is 0 Å². The summed E-state index contributed by atoms with van der Waals surface area (Å²) < 4.78 is 27.1. The Hall–Kier alpha value is -2.39. The summed E-state index contributed by atoms with van der Waals surface area (Å²) in [6.45, 7) is 0. The number of hydrogen-bond acceptors (Lipinski definition) is 5. The average molecular weight is 309 g/mol. The monoisotopic (exact) mass is 309 g/mol. The first-order chi connectivity index (χ1) is 9.89. The minimum absolute atomic E-state index is 0.00701. The largest absolute Gasteiger partial charge is 0.398 e. The van der Waals surface area contributed by atoms with Crippen LogP contribution >= 0.6 is 0 Å². The van der Waals surface area contributed by atoms with Gasteiger partial charge in [0.25, 0.3) is 5.91 Å². The number of amides is 1. The number of nitrogen functional groups attached to an aromatic ring is 1. The van der Waals surface area contributed by atoms with E-state index in [1.54, 1.807) is 18.3 Å². The van der Waals surface area contributed by atoms with Gasteiger partial charge in [0.2, 0.25) is 10.0 Å². The third-order valence-corrected chi connectivity index (χ3v) is 4.35. The van der Waals surface area contributed by atoms with Crippen molar-refractivity contribution in [3.05, 3.63) is 36.2 Å². The van der Waals surface area contributed by atoms with Crippen molar-refractivity contribution in [3.63, 3.8) is 0 Å². The summed E-state index contributed by atoms with van der Waals surface area (Å²) in [6, 6.07) is 5.97. The Balaban J connectivity index is 2.41. The number of benzene rings is 1. The third-order valence-electron chi connectivity index (χ3n) is 2.86. The van der Waals surface area contributed by atoms with Gasteiger partial charge in [0.15, 0.2) is 5.69 Å². The first-order valence-electron chi connectivity index (χ1n) is 6.00. The van der Waals surface area contributed by atoms with Crippen molar-refractivity contribution in [2.24, 2.45) is 0 Å². The summed E-state index contributed by atoms with van der Waals surface area (Å²) in [6.07, 6.45) is 1.59. The van der Waals surface area contributed by atoms with Gasteiger partial charge in [-0.15, -0.1) is 0 Å². The summed E-state index contributed by atoms with van der Waals surface area (Å²) >= 11 is 0. The van der Waals surface area contributed by atoms with Crippen LogP contribution in [0.3, 0.4) is 0 Å². The number of nitrogens with one attached hydrogen (secondary N) is 2. The maximum atomic E-state index is 11.7. The Bertz CT molecular complexity index is 782. The minimum Gasteiger partial charge on any atom is -0.398 e. The van der Waals surface area contributed by atoms with Gasteiger partial charge in [0.1, 0.15) is 4.90 Å². The van der Waals surface area contributed by atoms with Gasteiger partial charge in [0, 0.05) is 13.2 Å². The summed E-state index contributed by atoms with van der Waals surface area (Å²) in [7, 11) is -0.787. The van der Waals surface area contributed by atoms with Gasteiger partial charge in [-0.05, 0) is 31.3 Å². The van der Waals surface area contributed by atoms with E-state index in [1.165, 1.54) is 30.9 Å². The molecule has 1 aromatic carbocycles. The predicted octanol–water partition coefficient (Wildman–Crippen LogP) is -0.278. The van der Waals surface area contributed by atoms with Crippen molar-refractivity contribution in [2.45, 2.75) is 4.90 Å². The molecule has 0 aliphatic carbocycles. The van der Waals surface area contributed by atoms with Crippen LogP contribution in [0.4, 0.5) is 5.69 Å². The zero-order chi connectivity index (χ0) is 15.6. The maximum absolute atomic E-state index is 11.7. The Morgan fingerprint density at radius 1 is 1.29 bits per heavy atom. The van der Waals surface area contributed by atoms with Crippen LogP contribution < -0.4 is 15.8 Å². The molecule has 9 heteroatoms. The third kappa shape index (κ3) is 2.88.